The van der Waals surface area contributed by atoms with Crippen LogP contribution in [0.4, 0.5) is 0 Å². The molecule has 0 aromatic heterocycles. The average Bonchev–Trinajstić information content (AvgIpc) is 1.87. The molecular formula is C8H14O2. The van der Waals surface area contributed by atoms with Gasteiger partial charge < -0.3 is 4.74 Å². The van der Waals surface area contributed by atoms with Gasteiger partial charge in [0.15, 0.2) is 0 Å². The van der Waals surface area contributed by atoms with Gasteiger partial charge in [-0.1, -0.05) is 25.5 Å². The summed E-state index contributed by atoms with van der Waals surface area (Å²) < 4.78 is 4.66. The number of hydrogen-bond donors (Lipinski definition) is 0. The summed E-state index contributed by atoms with van der Waals surface area (Å²) in [6, 6.07) is 0. The van der Waals surface area contributed by atoms with E-state index in [4.69, 9.17) is 0 Å². The zero-order chi connectivity index (χ0) is 7.82. The summed E-state index contributed by atoms with van der Waals surface area (Å²) in [6.07, 6.45) is 6.08. The Balaban J connectivity index is 3.10. The van der Waals surface area contributed by atoms with Gasteiger partial charge in [0.1, 0.15) is 6.61 Å². The number of carbonyl (C=O) groups excluding carboxylic acids is 1. The van der Waals surface area contributed by atoms with E-state index in [0.29, 0.717) is 6.61 Å². The summed E-state index contributed by atoms with van der Waals surface area (Å²) in [4.78, 5) is 10.2. The van der Waals surface area contributed by atoms with Crippen molar-refractivity contribution in [3.8, 4) is 0 Å². The van der Waals surface area contributed by atoms with Crippen molar-refractivity contribution >= 4 is 5.97 Å². The molecule has 0 aliphatic carbocycles. The Bertz CT molecular complexity index is 116. The van der Waals surface area contributed by atoms with E-state index < -0.39 is 0 Å². The smallest absolute Gasteiger partial charge is 0.302 e. The SMILES string of the molecule is CCCC=CCOC(C)=O. The molecule has 0 saturated heterocycles. The Morgan fingerprint density at radius 2 is 2.20 bits per heavy atom. The van der Waals surface area contributed by atoms with Crippen molar-refractivity contribution in [2.24, 2.45) is 0 Å². The Morgan fingerprint density at radius 3 is 2.70 bits per heavy atom. The van der Waals surface area contributed by atoms with Crippen molar-refractivity contribution in [2.75, 3.05) is 6.61 Å². The van der Waals surface area contributed by atoms with Crippen LogP contribution in [0.15, 0.2) is 12.2 Å². The van der Waals surface area contributed by atoms with E-state index in [1.54, 1.807) is 0 Å². The van der Waals surface area contributed by atoms with Crippen LogP contribution in [-0.4, -0.2) is 12.6 Å². The fraction of sp³-hybridized carbons (Fsp3) is 0.625. The molecule has 0 radical (unpaired) electrons. The first kappa shape index (κ1) is 9.21. The van der Waals surface area contributed by atoms with Crippen LogP contribution in [0.3, 0.4) is 0 Å². The third-order valence-electron chi connectivity index (χ3n) is 1.00. The molecule has 58 valence electrons. The summed E-state index contributed by atoms with van der Waals surface area (Å²) >= 11 is 0. The van der Waals surface area contributed by atoms with E-state index >= 15 is 0 Å². The van der Waals surface area contributed by atoms with Gasteiger partial charge in [0.05, 0.1) is 0 Å². The lowest BCUT2D eigenvalue weighted by molar-refractivity contribution is -0.139. The van der Waals surface area contributed by atoms with Gasteiger partial charge in [0.2, 0.25) is 0 Å². The van der Waals surface area contributed by atoms with Crippen LogP contribution >= 0.6 is 0 Å². The van der Waals surface area contributed by atoms with E-state index in [1.165, 1.54) is 6.92 Å². The topological polar surface area (TPSA) is 26.3 Å². The Hall–Kier alpha value is -0.790. The second-order valence-corrected chi connectivity index (χ2v) is 2.06. The largest absolute Gasteiger partial charge is 0.462 e. The van der Waals surface area contributed by atoms with Crippen molar-refractivity contribution in [3.05, 3.63) is 12.2 Å². The van der Waals surface area contributed by atoms with Crippen molar-refractivity contribution in [1.82, 2.24) is 0 Å². The first-order valence-electron chi connectivity index (χ1n) is 3.55. The van der Waals surface area contributed by atoms with Crippen molar-refractivity contribution in [2.45, 2.75) is 26.7 Å². The summed E-state index contributed by atoms with van der Waals surface area (Å²) in [5.41, 5.74) is 0. The zero-order valence-electron chi connectivity index (χ0n) is 6.59. The molecule has 0 bridgehead atoms. The predicted octanol–water partition coefficient (Wildman–Crippen LogP) is 1.91. The summed E-state index contributed by atoms with van der Waals surface area (Å²) in [5, 5.41) is 0. The second kappa shape index (κ2) is 6.33. The molecule has 0 heterocycles. The van der Waals surface area contributed by atoms with Crippen LogP contribution in [0.1, 0.15) is 26.7 Å². The summed E-state index contributed by atoms with van der Waals surface area (Å²) in [5.74, 6) is -0.221. The first-order chi connectivity index (χ1) is 4.77. The van der Waals surface area contributed by atoms with Gasteiger partial charge in [-0.25, -0.2) is 0 Å². The van der Waals surface area contributed by atoms with Crippen LogP contribution in [-0.2, 0) is 9.53 Å². The highest BCUT2D eigenvalue weighted by Crippen LogP contribution is 1.88. The molecule has 0 aliphatic heterocycles. The van der Waals surface area contributed by atoms with Gasteiger partial charge in [-0.2, -0.15) is 0 Å². The van der Waals surface area contributed by atoms with Gasteiger partial charge >= 0.3 is 5.97 Å². The molecule has 0 aromatic carbocycles. The Labute approximate surface area is 61.9 Å². The molecule has 0 aromatic rings. The number of carbonyl (C=O) groups is 1. The standard InChI is InChI=1S/C8H14O2/c1-3-4-5-6-7-10-8(2)9/h5-6H,3-4,7H2,1-2H3. The van der Waals surface area contributed by atoms with E-state index in [2.05, 4.69) is 11.7 Å². The lowest BCUT2D eigenvalue weighted by atomic mass is 10.3. The lowest BCUT2D eigenvalue weighted by Crippen LogP contribution is -1.97. The summed E-state index contributed by atoms with van der Waals surface area (Å²) in [6.45, 7) is 3.93. The number of esters is 1. The van der Waals surface area contributed by atoms with Crippen LogP contribution in [0.25, 0.3) is 0 Å². The normalized spacial score (nSPS) is 10.2. The van der Waals surface area contributed by atoms with Gasteiger partial charge in [-0.3, -0.25) is 4.79 Å². The molecule has 2 nitrogen and oxygen atoms in total. The fourth-order valence-corrected chi connectivity index (χ4v) is 0.518. The van der Waals surface area contributed by atoms with Crippen molar-refractivity contribution < 1.29 is 9.53 Å². The minimum absolute atomic E-state index is 0.221. The highest BCUT2D eigenvalue weighted by Gasteiger charge is 1.85. The van der Waals surface area contributed by atoms with Crippen LogP contribution in [0, 0.1) is 0 Å². The Morgan fingerprint density at radius 1 is 1.50 bits per heavy atom. The highest BCUT2D eigenvalue weighted by molar-refractivity contribution is 5.65. The van der Waals surface area contributed by atoms with Gasteiger partial charge in [0.25, 0.3) is 0 Å². The van der Waals surface area contributed by atoms with E-state index in [9.17, 15) is 4.79 Å². The number of allylic oxidation sites excluding steroid dienone is 1. The molecule has 0 rings (SSSR count). The number of unbranched alkanes of at least 4 members (excludes halogenated alkanes) is 1. The molecule has 0 atom stereocenters. The monoisotopic (exact) mass is 142 g/mol. The maximum atomic E-state index is 10.2. The van der Waals surface area contributed by atoms with Crippen molar-refractivity contribution in [1.29, 1.82) is 0 Å². The molecular weight excluding hydrogens is 128 g/mol. The summed E-state index contributed by atoms with van der Waals surface area (Å²) in [7, 11) is 0. The minimum Gasteiger partial charge on any atom is -0.462 e. The van der Waals surface area contributed by atoms with E-state index in [1.807, 2.05) is 12.2 Å². The second-order valence-electron chi connectivity index (χ2n) is 2.06. The Kier molecular flexibility index (Phi) is 5.83. The lowest BCUT2D eigenvalue weighted by Gasteiger charge is -1.93. The molecule has 2 heteroatoms. The molecule has 0 aliphatic rings. The molecule has 0 saturated carbocycles. The molecule has 0 N–H and O–H groups in total. The molecule has 0 spiro atoms. The van der Waals surface area contributed by atoms with Crippen LogP contribution < -0.4 is 0 Å². The maximum absolute atomic E-state index is 10.2. The quantitative estimate of drug-likeness (QED) is 0.442. The van der Waals surface area contributed by atoms with E-state index in [0.717, 1.165) is 12.8 Å². The molecule has 0 unspecified atom stereocenters. The third kappa shape index (κ3) is 7.21. The molecule has 0 amide bonds. The zero-order valence-corrected chi connectivity index (χ0v) is 6.59. The third-order valence-corrected chi connectivity index (χ3v) is 1.00. The number of ether oxygens (including phenoxy) is 1. The average molecular weight is 142 g/mol. The number of rotatable bonds is 4. The molecule has 10 heavy (non-hydrogen) atoms. The highest BCUT2D eigenvalue weighted by atomic mass is 16.5. The van der Waals surface area contributed by atoms with Gasteiger partial charge in [0, 0.05) is 6.92 Å². The van der Waals surface area contributed by atoms with Crippen LogP contribution in [0.2, 0.25) is 0 Å². The van der Waals surface area contributed by atoms with Gasteiger partial charge in [-0.05, 0) is 6.42 Å². The first-order valence-corrected chi connectivity index (χ1v) is 3.55. The maximum Gasteiger partial charge on any atom is 0.302 e. The van der Waals surface area contributed by atoms with Crippen LogP contribution in [0.5, 0.6) is 0 Å². The van der Waals surface area contributed by atoms with Crippen molar-refractivity contribution in [3.63, 3.8) is 0 Å². The van der Waals surface area contributed by atoms with Gasteiger partial charge in [-0.15, -0.1) is 0 Å². The van der Waals surface area contributed by atoms with E-state index in [-0.39, 0.29) is 5.97 Å². The number of hydrogen-bond acceptors (Lipinski definition) is 2. The fourth-order valence-electron chi connectivity index (χ4n) is 0.518. The predicted molar refractivity (Wildman–Crippen MR) is 40.7 cm³/mol. The molecule has 0 fully saturated rings. The minimum atomic E-state index is -0.221.